The molecule has 1 atom stereocenters. The van der Waals surface area contributed by atoms with Crippen molar-refractivity contribution in [2.24, 2.45) is 5.92 Å². The van der Waals surface area contributed by atoms with Gasteiger partial charge in [0.2, 0.25) is 11.8 Å². The van der Waals surface area contributed by atoms with Crippen molar-refractivity contribution in [1.82, 2.24) is 5.32 Å². The predicted octanol–water partition coefficient (Wildman–Crippen LogP) is 3.85. The smallest absolute Gasteiger partial charge is 0.253 e. The standard InChI is InChI=1S/C23H20ClN3O4/c24-16-5-3-6-17(12-16)27-14-15(11-21(27)28)22(29)26-20-9-2-1-8-19(20)23(30)25-13-18-7-4-10-31-18/h1-10,12,15H,11,13-14H2,(H,25,30)(H,26,29)/t15-/m0/s1. The lowest BCUT2D eigenvalue weighted by atomic mass is 10.1. The first kappa shape index (κ1) is 20.7. The van der Waals surface area contributed by atoms with Crippen LogP contribution in [0.1, 0.15) is 22.5 Å². The molecular weight excluding hydrogens is 418 g/mol. The number of nitrogens with one attached hydrogen (secondary N) is 2. The maximum Gasteiger partial charge on any atom is 0.253 e. The van der Waals surface area contributed by atoms with Crippen LogP contribution in [-0.2, 0) is 16.1 Å². The third-order valence-corrected chi connectivity index (χ3v) is 5.28. The molecule has 0 aliphatic carbocycles. The molecule has 1 saturated heterocycles. The number of benzene rings is 2. The molecule has 8 heteroatoms. The molecule has 2 aromatic carbocycles. The molecular formula is C23H20ClN3O4. The van der Waals surface area contributed by atoms with Crippen LogP contribution in [0.3, 0.4) is 0 Å². The molecule has 4 rings (SSSR count). The number of carbonyl (C=O) groups is 3. The van der Waals surface area contributed by atoms with Crippen LogP contribution >= 0.6 is 11.6 Å². The second kappa shape index (κ2) is 9.06. The number of nitrogens with zero attached hydrogens (tertiary/aromatic N) is 1. The van der Waals surface area contributed by atoms with E-state index in [-0.39, 0.29) is 37.2 Å². The summed E-state index contributed by atoms with van der Waals surface area (Å²) in [5, 5.41) is 6.09. The molecule has 0 spiro atoms. The maximum absolute atomic E-state index is 12.9. The summed E-state index contributed by atoms with van der Waals surface area (Å²) >= 11 is 6.02. The molecule has 0 saturated carbocycles. The van der Waals surface area contributed by atoms with Crippen LogP contribution in [-0.4, -0.2) is 24.3 Å². The zero-order valence-corrected chi connectivity index (χ0v) is 17.3. The Morgan fingerprint density at radius 3 is 2.71 bits per heavy atom. The van der Waals surface area contributed by atoms with E-state index in [9.17, 15) is 14.4 Å². The maximum atomic E-state index is 12.9. The number of hydrogen-bond acceptors (Lipinski definition) is 4. The van der Waals surface area contributed by atoms with E-state index in [0.717, 1.165) is 0 Å². The van der Waals surface area contributed by atoms with E-state index in [1.165, 1.54) is 6.26 Å². The van der Waals surface area contributed by atoms with Crippen molar-refractivity contribution in [3.63, 3.8) is 0 Å². The van der Waals surface area contributed by atoms with Gasteiger partial charge >= 0.3 is 0 Å². The highest BCUT2D eigenvalue weighted by molar-refractivity contribution is 6.31. The molecule has 3 amide bonds. The fourth-order valence-corrected chi connectivity index (χ4v) is 3.66. The van der Waals surface area contributed by atoms with Crippen LogP contribution in [0.25, 0.3) is 0 Å². The lowest BCUT2D eigenvalue weighted by Crippen LogP contribution is -2.29. The molecule has 0 radical (unpaired) electrons. The van der Waals surface area contributed by atoms with Crippen LogP contribution in [0.2, 0.25) is 5.02 Å². The Labute approximate surface area is 184 Å². The molecule has 1 fully saturated rings. The molecule has 2 heterocycles. The first-order chi connectivity index (χ1) is 15.0. The quantitative estimate of drug-likeness (QED) is 0.612. The Hall–Kier alpha value is -3.58. The van der Waals surface area contributed by atoms with E-state index in [1.54, 1.807) is 65.6 Å². The highest BCUT2D eigenvalue weighted by Crippen LogP contribution is 2.28. The largest absolute Gasteiger partial charge is 0.467 e. The highest BCUT2D eigenvalue weighted by Gasteiger charge is 2.35. The number of halogens is 1. The summed E-state index contributed by atoms with van der Waals surface area (Å²) in [4.78, 5) is 39.5. The van der Waals surface area contributed by atoms with Gasteiger partial charge in [0.15, 0.2) is 0 Å². The predicted molar refractivity (Wildman–Crippen MR) is 117 cm³/mol. The molecule has 31 heavy (non-hydrogen) atoms. The van der Waals surface area contributed by atoms with E-state index in [0.29, 0.717) is 27.7 Å². The minimum atomic E-state index is -0.536. The van der Waals surface area contributed by atoms with Crippen LogP contribution in [0.15, 0.2) is 71.3 Å². The topological polar surface area (TPSA) is 91.6 Å². The van der Waals surface area contributed by atoms with Crippen molar-refractivity contribution in [3.05, 3.63) is 83.3 Å². The van der Waals surface area contributed by atoms with Crippen LogP contribution < -0.4 is 15.5 Å². The van der Waals surface area contributed by atoms with E-state index < -0.39 is 5.92 Å². The fourth-order valence-electron chi connectivity index (χ4n) is 3.48. The monoisotopic (exact) mass is 437 g/mol. The average molecular weight is 438 g/mol. The summed E-state index contributed by atoms with van der Waals surface area (Å²) in [6, 6.07) is 17.2. The minimum Gasteiger partial charge on any atom is -0.467 e. The van der Waals surface area contributed by atoms with Gasteiger partial charge in [0.05, 0.1) is 30.0 Å². The molecule has 0 unspecified atom stereocenters. The second-order valence-corrected chi connectivity index (χ2v) is 7.62. The van der Waals surface area contributed by atoms with E-state index in [1.807, 2.05) is 0 Å². The third-order valence-electron chi connectivity index (χ3n) is 5.05. The van der Waals surface area contributed by atoms with E-state index >= 15 is 0 Å². The summed E-state index contributed by atoms with van der Waals surface area (Å²) < 4.78 is 5.22. The van der Waals surface area contributed by atoms with Crippen LogP contribution in [0.5, 0.6) is 0 Å². The zero-order chi connectivity index (χ0) is 21.8. The third kappa shape index (κ3) is 4.78. The fraction of sp³-hybridized carbons (Fsp3) is 0.174. The minimum absolute atomic E-state index is 0.0885. The lowest BCUT2D eigenvalue weighted by Gasteiger charge is -2.17. The summed E-state index contributed by atoms with van der Waals surface area (Å²) in [7, 11) is 0. The number of para-hydroxylation sites is 1. The number of furan rings is 1. The van der Waals surface area contributed by atoms with Gasteiger partial charge in [-0.15, -0.1) is 0 Å². The van der Waals surface area contributed by atoms with Gasteiger partial charge in [-0.1, -0.05) is 29.8 Å². The number of amides is 3. The summed E-state index contributed by atoms with van der Waals surface area (Å²) in [5.74, 6) is -0.711. The Balaban J connectivity index is 1.43. The van der Waals surface area contributed by atoms with Gasteiger partial charge in [0.1, 0.15) is 5.76 Å². The molecule has 1 aromatic heterocycles. The van der Waals surface area contributed by atoms with Gasteiger partial charge in [0, 0.05) is 23.7 Å². The Morgan fingerprint density at radius 1 is 1.10 bits per heavy atom. The van der Waals surface area contributed by atoms with Crippen LogP contribution in [0, 0.1) is 5.92 Å². The van der Waals surface area contributed by atoms with Crippen molar-refractivity contribution in [2.45, 2.75) is 13.0 Å². The molecule has 3 aromatic rings. The van der Waals surface area contributed by atoms with Crippen molar-refractivity contribution < 1.29 is 18.8 Å². The Morgan fingerprint density at radius 2 is 1.94 bits per heavy atom. The summed E-state index contributed by atoms with van der Waals surface area (Å²) in [6.45, 7) is 0.484. The van der Waals surface area contributed by atoms with Crippen molar-refractivity contribution in [3.8, 4) is 0 Å². The Bertz CT molecular complexity index is 1110. The molecule has 2 N–H and O–H groups in total. The van der Waals surface area contributed by atoms with Gasteiger partial charge < -0.3 is 20.0 Å². The van der Waals surface area contributed by atoms with Crippen LogP contribution in [0.4, 0.5) is 11.4 Å². The number of anilines is 2. The van der Waals surface area contributed by atoms with Crippen molar-refractivity contribution in [2.75, 3.05) is 16.8 Å². The average Bonchev–Trinajstić information content (AvgIpc) is 3.42. The Kier molecular flexibility index (Phi) is 6.04. The van der Waals surface area contributed by atoms with Crippen molar-refractivity contribution in [1.29, 1.82) is 0 Å². The molecule has 158 valence electrons. The summed E-state index contributed by atoms with van der Waals surface area (Å²) in [6.07, 6.45) is 1.62. The second-order valence-electron chi connectivity index (χ2n) is 7.18. The number of carbonyl (C=O) groups excluding carboxylic acids is 3. The van der Waals surface area contributed by atoms with E-state index in [4.69, 9.17) is 16.0 Å². The van der Waals surface area contributed by atoms with Gasteiger partial charge in [-0.25, -0.2) is 0 Å². The van der Waals surface area contributed by atoms with Gasteiger partial charge in [-0.3, -0.25) is 14.4 Å². The first-order valence-corrected chi connectivity index (χ1v) is 10.2. The van der Waals surface area contributed by atoms with Gasteiger partial charge in [-0.05, 0) is 42.5 Å². The first-order valence-electron chi connectivity index (χ1n) is 9.77. The molecule has 1 aliphatic rings. The number of hydrogen-bond donors (Lipinski definition) is 2. The summed E-state index contributed by atoms with van der Waals surface area (Å²) in [5.41, 5.74) is 1.38. The SMILES string of the molecule is O=C(NCc1ccco1)c1ccccc1NC(=O)[C@H]1CC(=O)N(c2cccc(Cl)c2)C1. The normalized spacial score (nSPS) is 15.7. The van der Waals surface area contributed by atoms with Gasteiger partial charge in [0.25, 0.3) is 5.91 Å². The zero-order valence-electron chi connectivity index (χ0n) is 16.5. The molecule has 0 bridgehead atoms. The number of rotatable bonds is 6. The lowest BCUT2D eigenvalue weighted by molar-refractivity contribution is -0.122. The van der Waals surface area contributed by atoms with E-state index in [2.05, 4.69) is 10.6 Å². The molecule has 1 aliphatic heterocycles. The molecule has 7 nitrogen and oxygen atoms in total. The van der Waals surface area contributed by atoms with Crippen molar-refractivity contribution >= 4 is 40.7 Å². The van der Waals surface area contributed by atoms with Gasteiger partial charge in [-0.2, -0.15) is 0 Å². The highest BCUT2D eigenvalue weighted by atomic mass is 35.5.